The van der Waals surface area contributed by atoms with Crippen LogP contribution in [0.5, 0.6) is 11.5 Å². The van der Waals surface area contributed by atoms with E-state index in [0.717, 1.165) is 12.8 Å². The summed E-state index contributed by atoms with van der Waals surface area (Å²) in [5, 5.41) is 11.9. The van der Waals surface area contributed by atoms with Crippen LogP contribution in [0.25, 0.3) is 0 Å². The zero-order valence-corrected chi connectivity index (χ0v) is 15.2. The Morgan fingerprint density at radius 3 is 2.37 bits per heavy atom. The molecule has 27 heavy (non-hydrogen) atoms. The van der Waals surface area contributed by atoms with E-state index in [-0.39, 0.29) is 6.61 Å². The van der Waals surface area contributed by atoms with E-state index in [1.807, 2.05) is 18.2 Å². The maximum absolute atomic E-state index is 12.2. The number of rotatable bonds is 7. The van der Waals surface area contributed by atoms with Gasteiger partial charge in [0.2, 0.25) is 0 Å². The SMILES string of the molecule is COc1ccc(C(NC(=O)COc2ccc3c(c2)CCCC3)C(=O)O)cc1. The maximum Gasteiger partial charge on any atom is 0.330 e. The second-order valence-electron chi connectivity index (χ2n) is 6.54. The smallest absolute Gasteiger partial charge is 0.330 e. The largest absolute Gasteiger partial charge is 0.497 e. The number of carbonyl (C=O) groups is 2. The molecule has 0 spiro atoms. The Bertz CT molecular complexity index is 816. The topological polar surface area (TPSA) is 84.9 Å². The lowest BCUT2D eigenvalue weighted by Crippen LogP contribution is -2.36. The lowest BCUT2D eigenvalue weighted by molar-refractivity contribution is -0.142. The second kappa shape index (κ2) is 8.58. The lowest BCUT2D eigenvalue weighted by Gasteiger charge is -2.18. The second-order valence-corrected chi connectivity index (χ2v) is 6.54. The van der Waals surface area contributed by atoms with Gasteiger partial charge in [-0.1, -0.05) is 18.2 Å². The first kappa shape index (κ1) is 18.8. The van der Waals surface area contributed by atoms with Gasteiger partial charge >= 0.3 is 5.97 Å². The van der Waals surface area contributed by atoms with Crippen molar-refractivity contribution in [3.63, 3.8) is 0 Å². The lowest BCUT2D eigenvalue weighted by atomic mass is 9.92. The number of carboxylic acids is 1. The van der Waals surface area contributed by atoms with Crippen LogP contribution >= 0.6 is 0 Å². The van der Waals surface area contributed by atoms with E-state index >= 15 is 0 Å². The van der Waals surface area contributed by atoms with Crippen LogP contribution in [0.4, 0.5) is 0 Å². The van der Waals surface area contributed by atoms with Gasteiger partial charge in [0.15, 0.2) is 12.6 Å². The highest BCUT2D eigenvalue weighted by Gasteiger charge is 2.22. The Morgan fingerprint density at radius 2 is 1.70 bits per heavy atom. The fraction of sp³-hybridized carbons (Fsp3) is 0.333. The average molecular weight is 369 g/mol. The third-order valence-corrected chi connectivity index (χ3v) is 4.69. The molecule has 0 saturated heterocycles. The predicted molar refractivity (Wildman–Crippen MR) is 100 cm³/mol. The molecule has 1 aliphatic rings. The molecule has 2 aromatic rings. The molecule has 1 unspecified atom stereocenters. The van der Waals surface area contributed by atoms with Crippen LogP contribution in [-0.4, -0.2) is 30.7 Å². The molecular formula is C21H23NO5. The fourth-order valence-corrected chi connectivity index (χ4v) is 3.24. The van der Waals surface area contributed by atoms with E-state index in [1.54, 1.807) is 24.3 Å². The van der Waals surface area contributed by atoms with Crippen LogP contribution in [-0.2, 0) is 22.4 Å². The maximum atomic E-state index is 12.2. The minimum atomic E-state index is -1.14. The first-order valence-electron chi connectivity index (χ1n) is 8.97. The summed E-state index contributed by atoms with van der Waals surface area (Å²) in [6.07, 6.45) is 4.48. The zero-order chi connectivity index (χ0) is 19.2. The van der Waals surface area contributed by atoms with Crippen molar-refractivity contribution in [2.24, 2.45) is 0 Å². The number of carboxylic acid groups (broad SMARTS) is 1. The van der Waals surface area contributed by atoms with Crippen LogP contribution < -0.4 is 14.8 Å². The van der Waals surface area contributed by atoms with Crippen LogP contribution in [0, 0.1) is 0 Å². The summed E-state index contributed by atoms with van der Waals surface area (Å²) < 4.78 is 10.6. The van der Waals surface area contributed by atoms with E-state index in [4.69, 9.17) is 9.47 Å². The summed E-state index contributed by atoms with van der Waals surface area (Å²) in [6.45, 7) is -0.237. The third kappa shape index (κ3) is 4.78. The van der Waals surface area contributed by atoms with E-state index in [2.05, 4.69) is 5.32 Å². The van der Waals surface area contributed by atoms with Gasteiger partial charge in [-0.15, -0.1) is 0 Å². The van der Waals surface area contributed by atoms with E-state index in [0.29, 0.717) is 17.1 Å². The van der Waals surface area contributed by atoms with E-state index in [9.17, 15) is 14.7 Å². The molecule has 0 aromatic heterocycles. The van der Waals surface area contributed by atoms with Crippen molar-refractivity contribution in [1.29, 1.82) is 0 Å². The Morgan fingerprint density at radius 1 is 1.04 bits per heavy atom. The minimum absolute atomic E-state index is 0.237. The average Bonchev–Trinajstić information content (AvgIpc) is 2.70. The fourth-order valence-electron chi connectivity index (χ4n) is 3.24. The van der Waals surface area contributed by atoms with Gasteiger partial charge in [0.25, 0.3) is 5.91 Å². The molecule has 6 nitrogen and oxygen atoms in total. The zero-order valence-electron chi connectivity index (χ0n) is 15.2. The highest BCUT2D eigenvalue weighted by Crippen LogP contribution is 2.25. The molecule has 2 N–H and O–H groups in total. The van der Waals surface area contributed by atoms with Gasteiger partial charge in [0.1, 0.15) is 11.5 Å². The van der Waals surface area contributed by atoms with Crippen LogP contribution in [0.3, 0.4) is 0 Å². The summed E-state index contributed by atoms with van der Waals surface area (Å²) in [7, 11) is 1.53. The Kier molecular flexibility index (Phi) is 5.96. The third-order valence-electron chi connectivity index (χ3n) is 4.69. The Balaban J connectivity index is 1.60. The quantitative estimate of drug-likeness (QED) is 0.784. The molecule has 142 valence electrons. The van der Waals surface area contributed by atoms with Gasteiger partial charge in [-0.3, -0.25) is 4.79 Å². The van der Waals surface area contributed by atoms with Gasteiger partial charge in [-0.2, -0.15) is 0 Å². The first-order valence-corrected chi connectivity index (χ1v) is 8.97. The number of hydrogen-bond acceptors (Lipinski definition) is 4. The number of ether oxygens (including phenoxy) is 2. The summed E-state index contributed by atoms with van der Waals surface area (Å²) in [5.41, 5.74) is 3.06. The number of benzene rings is 2. The standard InChI is InChI=1S/C21H23NO5/c1-26-17-9-7-15(8-10-17)20(21(24)25)22-19(23)13-27-18-11-6-14-4-2-3-5-16(14)12-18/h6-12,20H,2-5,13H2,1H3,(H,22,23)(H,24,25). The molecule has 0 aliphatic heterocycles. The molecular weight excluding hydrogens is 346 g/mol. The van der Waals surface area contributed by atoms with Crippen molar-refractivity contribution in [2.75, 3.05) is 13.7 Å². The van der Waals surface area contributed by atoms with E-state index < -0.39 is 17.9 Å². The van der Waals surface area contributed by atoms with Crippen molar-refractivity contribution < 1.29 is 24.2 Å². The monoisotopic (exact) mass is 369 g/mol. The highest BCUT2D eigenvalue weighted by molar-refractivity contribution is 5.85. The number of methoxy groups -OCH3 is 1. The molecule has 0 heterocycles. The molecule has 0 bridgehead atoms. The number of amides is 1. The van der Waals surface area contributed by atoms with E-state index in [1.165, 1.54) is 31.1 Å². The number of fused-ring (bicyclic) bond motifs is 1. The molecule has 2 aromatic carbocycles. The number of nitrogens with one attached hydrogen (secondary N) is 1. The summed E-state index contributed by atoms with van der Waals surface area (Å²) in [6, 6.07) is 11.3. The molecule has 6 heteroatoms. The summed E-state index contributed by atoms with van der Waals surface area (Å²) >= 11 is 0. The first-order chi connectivity index (χ1) is 13.1. The Labute approximate surface area is 158 Å². The molecule has 0 saturated carbocycles. The number of aryl methyl sites for hydroxylation is 2. The highest BCUT2D eigenvalue weighted by atomic mass is 16.5. The van der Waals surface area contributed by atoms with Gasteiger partial charge in [-0.25, -0.2) is 4.79 Å². The van der Waals surface area contributed by atoms with Gasteiger partial charge in [0.05, 0.1) is 7.11 Å². The summed E-state index contributed by atoms with van der Waals surface area (Å²) in [4.78, 5) is 23.7. The van der Waals surface area contributed by atoms with Crippen molar-refractivity contribution in [3.8, 4) is 11.5 Å². The summed E-state index contributed by atoms with van der Waals surface area (Å²) in [5.74, 6) is -0.384. The molecule has 0 fully saturated rings. The van der Waals surface area contributed by atoms with Crippen LogP contribution in [0.15, 0.2) is 42.5 Å². The minimum Gasteiger partial charge on any atom is -0.497 e. The predicted octanol–water partition coefficient (Wildman–Crippen LogP) is 2.89. The number of aliphatic carboxylic acids is 1. The molecule has 1 atom stereocenters. The van der Waals surface area contributed by atoms with Crippen LogP contribution in [0.2, 0.25) is 0 Å². The molecule has 1 amide bonds. The van der Waals surface area contributed by atoms with Gasteiger partial charge in [0, 0.05) is 0 Å². The van der Waals surface area contributed by atoms with Crippen molar-refractivity contribution in [3.05, 3.63) is 59.2 Å². The van der Waals surface area contributed by atoms with Crippen molar-refractivity contribution in [2.45, 2.75) is 31.7 Å². The number of hydrogen-bond donors (Lipinski definition) is 2. The molecule has 1 aliphatic carbocycles. The van der Waals surface area contributed by atoms with Crippen molar-refractivity contribution >= 4 is 11.9 Å². The molecule has 3 rings (SSSR count). The normalized spacial score (nSPS) is 14.0. The Hall–Kier alpha value is -3.02. The molecule has 0 radical (unpaired) electrons. The van der Waals surface area contributed by atoms with Gasteiger partial charge in [-0.05, 0) is 66.6 Å². The van der Waals surface area contributed by atoms with Crippen molar-refractivity contribution in [1.82, 2.24) is 5.32 Å². The van der Waals surface area contributed by atoms with Crippen LogP contribution in [0.1, 0.15) is 35.6 Å². The van der Waals surface area contributed by atoms with Gasteiger partial charge < -0.3 is 19.9 Å². The number of carbonyl (C=O) groups excluding carboxylic acids is 1.